The third-order valence-corrected chi connectivity index (χ3v) is 4.96. The third kappa shape index (κ3) is 4.31. The predicted octanol–water partition coefficient (Wildman–Crippen LogP) is 2.74. The van der Waals surface area contributed by atoms with E-state index in [1.165, 1.54) is 0 Å². The number of aliphatic carboxylic acids is 1. The summed E-state index contributed by atoms with van der Waals surface area (Å²) in [5.41, 5.74) is 0.569. The zero-order valence-electron chi connectivity index (χ0n) is 15.2. The Hall–Kier alpha value is -2.08. The lowest BCUT2D eigenvalue weighted by Gasteiger charge is -2.40. The van der Waals surface area contributed by atoms with Crippen molar-refractivity contribution >= 4 is 11.9 Å². The minimum Gasteiger partial charge on any atom is -0.496 e. The van der Waals surface area contributed by atoms with Gasteiger partial charge in [-0.2, -0.15) is 0 Å². The SMILES string of the molecule is COCCC[C@]1(C(=O)O)CCCN(C(=O)c2ccc(OC)c(C)c2)C1. The van der Waals surface area contributed by atoms with E-state index in [-0.39, 0.29) is 12.5 Å². The molecule has 25 heavy (non-hydrogen) atoms. The summed E-state index contributed by atoms with van der Waals surface area (Å²) in [5.74, 6) is -0.218. The first-order valence-electron chi connectivity index (χ1n) is 8.60. The van der Waals surface area contributed by atoms with Crippen molar-refractivity contribution in [3.05, 3.63) is 29.3 Å². The Balaban J connectivity index is 2.16. The molecule has 138 valence electrons. The van der Waals surface area contributed by atoms with E-state index in [4.69, 9.17) is 9.47 Å². The lowest BCUT2D eigenvalue weighted by Crippen LogP contribution is -2.50. The first-order valence-corrected chi connectivity index (χ1v) is 8.60. The molecule has 0 radical (unpaired) electrons. The average Bonchev–Trinajstić information content (AvgIpc) is 2.61. The van der Waals surface area contributed by atoms with Crippen molar-refractivity contribution in [3.8, 4) is 5.75 Å². The molecule has 1 aromatic rings. The number of nitrogens with zero attached hydrogens (tertiary/aromatic N) is 1. The van der Waals surface area contributed by atoms with Crippen LogP contribution in [0.25, 0.3) is 0 Å². The van der Waals surface area contributed by atoms with Crippen LogP contribution in [0.1, 0.15) is 41.6 Å². The van der Waals surface area contributed by atoms with Crippen LogP contribution in [0.3, 0.4) is 0 Å². The van der Waals surface area contributed by atoms with Crippen LogP contribution in [0, 0.1) is 12.3 Å². The summed E-state index contributed by atoms with van der Waals surface area (Å²) in [7, 11) is 3.20. The molecule has 1 heterocycles. The first kappa shape index (κ1) is 19.2. The fourth-order valence-corrected chi connectivity index (χ4v) is 3.54. The minimum absolute atomic E-state index is 0.122. The Bertz CT molecular complexity index is 630. The molecule has 1 aliphatic rings. The molecule has 1 atom stereocenters. The molecule has 1 N–H and O–H groups in total. The van der Waals surface area contributed by atoms with Gasteiger partial charge in [-0.1, -0.05) is 0 Å². The molecule has 1 saturated heterocycles. The van der Waals surface area contributed by atoms with Gasteiger partial charge in [0.05, 0.1) is 12.5 Å². The van der Waals surface area contributed by atoms with Crippen LogP contribution >= 0.6 is 0 Å². The number of carboxylic acid groups (broad SMARTS) is 1. The maximum Gasteiger partial charge on any atom is 0.311 e. The van der Waals surface area contributed by atoms with Gasteiger partial charge in [-0.25, -0.2) is 0 Å². The number of likely N-dealkylation sites (tertiary alicyclic amines) is 1. The topological polar surface area (TPSA) is 76.1 Å². The van der Waals surface area contributed by atoms with Crippen molar-refractivity contribution in [1.82, 2.24) is 4.90 Å². The van der Waals surface area contributed by atoms with Crippen LogP contribution in [0.2, 0.25) is 0 Å². The van der Waals surface area contributed by atoms with Gasteiger partial charge in [0.1, 0.15) is 5.75 Å². The molecule has 1 amide bonds. The summed E-state index contributed by atoms with van der Waals surface area (Å²) >= 11 is 0. The summed E-state index contributed by atoms with van der Waals surface area (Å²) in [4.78, 5) is 26.4. The molecule has 1 fully saturated rings. The van der Waals surface area contributed by atoms with Gasteiger partial charge in [0.25, 0.3) is 5.91 Å². The van der Waals surface area contributed by atoms with Gasteiger partial charge in [0.2, 0.25) is 0 Å². The highest BCUT2D eigenvalue weighted by Gasteiger charge is 2.43. The number of aryl methyl sites for hydroxylation is 1. The molecule has 0 aromatic heterocycles. The second-order valence-electron chi connectivity index (χ2n) is 6.70. The first-order chi connectivity index (χ1) is 11.9. The predicted molar refractivity (Wildman–Crippen MR) is 94.0 cm³/mol. The van der Waals surface area contributed by atoms with E-state index in [0.29, 0.717) is 44.4 Å². The van der Waals surface area contributed by atoms with E-state index in [2.05, 4.69) is 0 Å². The largest absolute Gasteiger partial charge is 0.496 e. The maximum absolute atomic E-state index is 12.9. The number of hydrogen-bond acceptors (Lipinski definition) is 4. The van der Waals surface area contributed by atoms with Gasteiger partial charge in [-0.15, -0.1) is 0 Å². The highest BCUT2D eigenvalue weighted by molar-refractivity contribution is 5.95. The lowest BCUT2D eigenvalue weighted by atomic mass is 9.76. The van der Waals surface area contributed by atoms with E-state index in [9.17, 15) is 14.7 Å². The average molecular weight is 349 g/mol. The van der Waals surface area contributed by atoms with Gasteiger partial charge in [0, 0.05) is 32.4 Å². The van der Waals surface area contributed by atoms with Crippen molar-refractivity contribution in [2.24, 2.45) is 5.41 Å². The smallest absolute Gasteiger partial charge is 0.311 e. The number of carbonyl (C=O) groups is 2. The molecule has 0 unspecified atom stereocenters. The number of ether oxygens (including phenoxy) is 2. The number of piperidine rings is 1. The molecule has 2 rings (SSSR count). The van der Waals surface area contributed by atoms with Crippen LogP contribution in [-0.2, 0) is 9.53 Å². The fourth-order valence-electron chi connectivity index (χ4n) is 3.54. The Morgan fingerprint density at radius 2 is 2.08 bits per heavy atom. The Kier molecular flexibility index (Phi) is 6.42. The molecule has 0 aliphatic carbocycles. The molecule has 0 spiro atoms. The van der Waals surface area contributed by atoms with Gasteiger partial charge in [-0.05, 0) is 56.4 Å². The quantitative estimate of drug-likeness (QED) is 0.766. The van der Waals surface area contributed by atoms with Gasteiger partial charge >= 0.3 is 5.97 Å². The summed E-state index contributed by atoms with van der Waals surface area (Å²) in [6.45, 7) is 3.25. The Morgan fingerprint density at radius 1 is 1.32 bits per heavy atom. The van der Waals surface area contributed by atoms with Crippen LogP contribution in [0.5, 0.6) is 5.75 Å². The number of benzene rings is 1. The van der Waals surface area contributed by atoms with Crippen LogP contribution in [0.15, 0.2) is 18.2 Å². The number of carbonyl (C=O) groups excluding carboxylic acids is 1. The molecule has 1 aliphatic heterocycles. The van der Waals surface area contributed by atoms with E-state index in [1.54, 1.807) is 37.3 Å². The minimum atomic E-state index is -0.881. The standard InChI is InChI=1S/C19H27NO5/c1-14-12-15(6-7-16(14)25-3)17(21)20-10-4-8-19(13-20,18(22)23)9-5-11-24-2/h6-7,12H,4-5,8-11,13H2,1-3H3,(H,22,23)/t19-/m1/s1. The molecular formula is C19H27NO5. The van der Waals surface area contributed by atoms with Crippen LogP contribution in [-0.4, -0.2) is 55.8 Å². The maximum atomic E-state index is 12.9. The number of rotatable bonds is 7. The van der Waals surface area contributed by atoms with E-state index < -0.39 is 11.4 Å². The molecule has 6 nitrogen and oxygen atoms in total. The van der Waals surface area contributed by atoms with Crippen molar-refractivity contribution < 1.29 is 24.2 Å². The van der Waals surface area contributed by atoms with Crippen molar-refractivity contribution in [1.29, 1.82) is 0 Å². The summed E-state index contributed by atoms with van der Waals surface area (Å²) in [6, 6.07) is 5.30. The molecule has 6 heteroatoms. The molecule has 0 saturated carbocycles. The Morgan fingerprint density at radius 3 is 2.68 bits per heavy atom. The van der Waals surface area contributed by atoms with Gasteiger partial charge in [-0.3, -0.25) is 9.59 Å². The normalized spacial score (nSPS) is 20.4. The van der Waals surface area contributed by atoms with Crippen molar-refractivity contribution in [2.75, 3.05) is 33.9 Å². The van der Waals surface area contributed by atoms with Crippen molar-refractivity contribution in [2.45, 2.75) is 32.6 Å². The highest BCUT2D eigenvalue weighted by Crippen LogP contribution is 2.36. The molecule has 1 aromatic carbocycles. The zero-order valence-corrected chi connectivity index (χ0v) is 15.2. The summed E-state index contributed by atoms with van der Waals surface area (Å²) in [5, 5.41) is 9.78. The van der Waals surface area contributed by atoms with Crippen LogP contribution in [0.4, 0.5) is 0 Å². The van der Waals surface area contributed by atoms with E-state index >= 15 is 0 Å². The number of amides is 1. The van der Waals surface area contributed by atoms with Crippen LogP contribution < -0.4 is 4.74 Å². The summed E-state index contributed by atoms with van der Waals surface area (Å²) in [6.07, 6.45) is 2.48. The van der Waals surface area contributed by atoms with E-state index in [1.807, 2.05) is 6.92 Å². The second kappa shape index (κ2) is 8.34. The molecular weight excluding hydrogens is 322 g/mol. The van der Waals surface area contributed by atoms with Crippen molar-refractivity contribution in [3.63, 3.8) is 0 Å². The number of hydrogen-bond donors (Lipinski definition) is 1. The fraction of sp³-hybridized carbons (Fsp3) is 0.579. The number of methoxy groups -OCH3 is 2. The summed E-state index contributed by atoms with van der Waals surface area (Å²) < 4.78 is 10.3. The molecule has 0 bridgehead atoms. The lowest BCUT2D eigenvalue weighted by molar-refractivity contribution is -0.152. The third-order valence-electron chi connectivity index (χ3n) is 4.96. The second-order valence-corrected chi connectivity index (χ2v) is 6.70. The van der Waals surface area contributed by atoms with E-state index in [0.717, 1.165) is 11.3 Å². The van der Waals surface area contributed by atoms with Gasteiger partial charge in [0.15, 0.2) is 0 Å². The van der Waals surface area contributed by atoms with Gasteiger partial charge < -0.3 is 19.5 Å². The zero-order chi connectivity index (χ0) is 18.4. The highest BCUT2D eigenvalue weighted by atomic mass is 16.5. The number of carboxylic acids is 1. The Labute approximate surface area is 148 Å². The monoisotopic (exact) mass is 349 g/mol.